The normalized spacial score (nSPS) is 23.8. The van der Waals surface area contributed by atoms with Gasteiger partial charge in [-0.25, -0.2) is 0 Å². The molecular formula is C36H54O7. The highest BCUT2D eigenvalue weighted by atomic mass is 16.7. The molecule has 1 N–H and O–H groups in total. The Kier molecular flexibility index (Phi) is 15.9. The lowest BCUT2D eigenvalue weighted by Gasteiger charge is -2.49. The van der Waals surface area contributed by atoms with Gasteiger partial charge >= 0.3 is 0 Å². The highest BCUT2D eigenvalue weighted by Gasteiger charge is 2.60. The minimum absolute atomic E-state index is 0.174. The van der Waals surface area contributed by atoms with Crippen LogP contribution in [0.1, 0.15) is 101 Å². The largest absolute Gasteiger partial charge is 0.379 e. The van der Waals surface area contributed by atoms with Gasteiger partial charge in [0, 0.05) is 32.0 Å². The molecule has 2 aromatic carbocycles. The molecule has 1 aliphatic rings. The third kappa shape index (κ3) is 10.2. The number of ketones is 1. The van der Waals surface area contributed by atoms with Crippen LogP contribution < -0.4 is 0 Å². The number of Topliss-reactive ketones (excluding diaryl/α,β-unsaturated/α-hetero) is 1. The van der Waals surface area contributed by atoms with Gasteiger partial charge in [0.2, 0.25) is 5.78 Å². The molecule has 1 fully saturated rings. The van der Waals surface area contributed by atoms with E-state index in [1.165, 1.54) is 0 Å². The van der Waals surface area contributed by atoms with Gasteiger partial charge < -0.3 is 28.8 Å². The molecule has 0 aromatic heterocycles. The molecule has 0 unspecified atom stereocenters. The van der Waals surface area contributed by atoms with Crippen LogP contribution in [-0.4, -0.2) is 74.1 Å². The van der Waals surface area contributed by atoms with Gasteiger partial charge in [-0.3, -0.25) is 4.79 Å². The molecule has 7 nitrogen and oxygen atoms in total. The van der Waals surface area contributed by atoms with Gasteiger partial charge in [-0.1, -0.05) is 108 Å². The topological polar surface area (TPSA) is 83.5 Å². The van der Waals surface area contributed by atoms with Crippen LogP contribution in [-0.2, 0) is 30.1 Å². The number of benzene rings is 2. The summed E-state index contributed by atoms with van der Waals surface area (Å²) in [5.74, 6) is -2.82. The summed E-state index contributed by atoms with van der Waals surface area (Å²) >= 11 is 0. The van der Waals surface area contributed by atoms with Gasteiger partial charge in [-0.2, -0.15) is 0 Å². The van der Waals surface area contributed by atoms with Crippen LogP contribution >= 0.6 is 0 Å². The Hall–Kier alpha value is -2.13. The molecule has 1 heterocycles. The zero-order chi connectivity index (χ0) is 30.9. The molecule has 1 saturated heterocycles. The van der Waals surface area contributed by atoms with Gasteiger partial charge in [0.05, 0.1) is 6.61 Å². The molecule has 7 heteroatoms. The molecule has 0 saturated carbocycles. The molecule has 240 valence electrons. The van der Waals surface area contributed by atoms with Crippen molar-refractivity contribution in [3.63, 3.8) is 0 Å². The summed E-state index contributed by atoms with van der Waals surface area (Å²) in [6.45, 7) is 10.5. The average Bonchev–Trinajstić information content (AvgIpc) is 3.02. The van der Waals surface area contributed by atoms with Crippen molar-refractivity contribution in [2.75, 3.05) is 33.0 Å². The number of ether oxygens (including phenoxy) is 5. The van der Waals surface area contributed by atoms with Crippen molar-refractivity contribution >= 4 is 5.78 Å². The molecule has 0 radical (unpaired) electrons. The Bertz CT molecular complexity index is 1040. The maximum absolute atomic E-state index is 14.5. The van der Waals surface area contributed by atoms with E-state index in [0.717, 1.165) is 62.5 Å². The fourth-order valence-electron chi connectivity index (χ4n) is 5.31. The molecule has 0 bridgehead atoms. The third-order valence-corrected chi connectivity index (χ3v) is 7.87. The highest BCUT2D eigenvalue weighted by Crippen LogP contribution is 2.37. The van der Waals surface area contributed by atoms with E-state index in [-0.39, 0.29) is 6.61 Å². The van der Waals surface area contributed by atoms with Crippen molar-refractivity contribution in [2.45, 2.75) is 116 Å². The summed E-state index contributed by atoms with van der Waals surface area (Å²) < 4.78 is 31.7. The predicted octanol–water partition coefficient (Wildman–Crippen LogP) is 6.92. The predicted molar refractivity (Wildman–Crippen MR) is 170 cm³/mol. The Balaban J connectivity index is 2.04. The lowest BCUT2D eigenvalue weighted by atomic mass is 9.85. The lowest BCUT2D eigenvalue weighted by Crippen LogP contribution is -2.70. The number of carbonyl (C=O) groups is 1. The van der Waals surface area contributed by atoms with Crippen LogP contribution in [0.15, 0.2) is 54.6 Å². The monoisotopic (exact) mass is 598 g/mol. The molecule has 0 amide bonds. The van der Waals surface area contributed by atoms with E-state index in [1.807, 2.05) is 48.5 Å². The van der Waals surface area contributed by atoms with Gasteiger partial charge in [-0.05, 0) is 43.2 Å². The van der Waals surface area contributed by atoms with Gasteiger partial charge in [0.15, 0.2) is 0 Å². The fourth-order valence-corrected chi connectivity index (χ4v) is 5.31. The van der Waals surface area contributed by atoms with Crippen LogP contribution in [0.25, 0.3) is 0 Å². The van der Waals surface area contributed by atoms with Crippen molar-refractivity contribution in [1.82, 2.24) is 0 Å². The van der Waals surface area contributed by atoms with Crippen LogP contribution in [0, 0.1) is 0 Å². The van der Waals surface area contributed by atoms with E-state index in [1.54, 1.807) is 6.07 Å². The number of unbranched alkanes of at least 4 members (excludes halogenated alkanes) is 4. The Morgan fingerprint density at radius 3 is 1.95 bits per heavy atom. The number of aliphatic hydroxyl groups is 1. The number of hydrogen-bond donors (Lipinski definition) is 1. The zero-order valence-electron chi connectivity index (χ0n) is 26.8. The van der Waals surface area contributed by atoms with Crippen LogP contribution in [0.4, 0.5) is 0 Å². The molecule has 0 aliphatic carbocycles. The summed E-state index contributed by atoms with van der Waals surface area (Å²) in [7, 11) is 0. The van der Waals surface area contributed by atoms with E-state index in [9.17, 15) is 9.90 Å². The first-order valence-electron chi connectivity index (χ1n) is 16.5. The minimum atomic E-state index is -2.29. The van der Waals surface area contributed by atoms with Gasteiger partial charge in [-0.15, -0.1) is 0 Å². The first-order valence-corrected chi connectivity index (χ1v) is 16.5. The Labute approximate surface area is 259 Å². The summed E-state index contributed by atoms with van der Waals surface area (Å²) in [6.07, 6.45) is 4.69. The van der Waals surface area contributed by atoms with Crippen molar-refractivity contribution < 1.29 is 33.6 Å². The maximum atomic E-state index is 14.5. The van der Waals surface area contributed by atoms with E-state index >= 15 is 0 Å². The van der Waals surface area contributed by atoms with Crippen LogP contribution in [0.5, 0.6) is 0 Å². The van der Waals surface area contributed by atoms with E-state index in [2.05, 4.69) is 27.7 Å². The summed E-state index contributed by atoms with van der Waals surface area (Å²) in [5.41, 5.74) is 2.28. The van der Waals surface area contributed by atoms with Gasteiger partial charge in [0.1, 0.15) is 24.4 Å². The first-order chi connectivity index (χ1) is 21.0. The molecule has 1 aliphatic heterocycles. The van der Waals surface area contributed by atoms with E-state index in [4.69, 9.17) is 23.7 Å². The van der Waals surface area contributed by atoms with Crippen molar-refractivity contribution in [3.8, 4) is 0 Å². The smallest absolute Gasteiger partial charge is 0.261 e. The fraction of sp³-hybridized carbons (Fsp3) is 0.639. The first kappa shape index (κ1) is 35.4. The second-order valence-electron chi connectivity index (χ2n) is 11.5. The SMILES string of the molecule is CCCCOC[C@H]1O[C@@](O)(C(=O)c2ccccc2Cc2ccccc2)[C@H](OCCCC)[C@@H](OCCCC)[C@@H]1OCCCC. The average molecular weight is 599 g/mol. The molecule has 2 aromatic rings. The van der Waals surface area contributed by atoms with Gasteiger partial charge in [0.25, 0.3) is 5.79 Å². The summed E-state index contributed by atoms with van der Waals surface area (Å²) in [4.78, 5) is 14.5. The minimum Gasteiger partial charge on any atom is -0.379 e. The molecular weight excluding hydrogens is 544 g/mol. The summed E-state index contributed by atoms with van der Waals surface area (Å²) in [5, 5.41) is 12.4. The highest BCUT2D eigenvalue weighted by molar-refractivity contribution is 6.03. The van der Waals surface area contributed by atoms with E-state index in [0.29, 0.717) is 38.4 Å². The second-order valence-corrected chi connectivity index (χ2v) is 11.5. The molecule has 3 rings (SSSR count). The van der Waals surface area contributed by atoms with Crippen LogP contribution in [0.2, 0.25) is 0 Å². The molecule has 5 atom stereocenters. The van der Waals surface area contributed by atoms with E-state index < -0.39 is 36.0 Å². The molecule has 43 heavy (non-hydrogen) atoms. The second kappa shape index (κ2) is 19.3. The molecule has 0 spiro atoms. The third-order valence-electron chi connectivity index (χ3n) is 7.87. The zero-order valence-corrected chi connectivity index (χ0v) is 26.8. The maximum Gasteiger partial charge on any atom is 0.261 e. The Morgan fingerprint density at radius 2 is 1.30 bits per heavy atom. The Morgan fingerprint density at radius 1 is 0.744 bits per heavy atom. The number of carbonyl (C=O) groups excluding carboxylic acids is 1. The number of hydrogen-bond acceptors (Lipinski definition) is 7. The summed E-state index contributed by atoms with van der Waals surface area (Å²) in [6, 6.07) is 17.4. The quantitative estimate of drug-likeness (QED) is 0.123. The van der Waals surface area contributed by atoms with Crippen molar-refractivity contribution in [2.24, 2.45) is 0 Å². The van der Waals surface area contributed by atoms with Crippen molar-refractivity contribution in [1.29, 1.82) is 0 Å². The lowest BCUT2D eigenvalue weighted by molar-refractivity contribution is -0.343. The number of rotatable bonds is 21. The standard InChI is InChI=1S/C36H54O7/c1-5-9-22-39-27-31-32(40-23-10-6-2)33(41-24-11-7-3)35(42-25-12-8-4)36(38,43-31)34(37)30-21-17-16-20-29(30)26-28-18-14-13-15-19-28/h13-21,31-33,35,38H,5-12,22-27H2,1-4H3/t31-,32-,33+,35-,36+/m1/s1. The van der Waals surface area contributed by atoms with Crippen LogP contribution in [0.3, 0.4) is 0 Å². The van der Waals surface area contributed by atoms with Crippen molar-refractivity contribution in [3.05, 3.63) is 71.3 Å².